The van der Waals surface area contributed by atoms with Gasteiger partial charge in [0.15, 0.2) is 0 Å². The quantitative estimate of drug-likeness (QED) is 0.261. The zero-order valence-electron chi connectivity index (χ0n) is 28.9. The highest BCUT2D eigenvalue weighted by Crippen LogP contribution is 2.43. The molecule has 12 heteroatoms. The standard InChI is InChI=1S/C38H44F3N5O4/c1-24(25-6-8-26(9-7-25)32-17-30(38(39,40)41)13-12-28(32)19-43-35(49)50-36(2,3)4)44-33(47)29-16-31(20-42-18-29)46-22-37(23-46)14-5-15-45(21-37)34(48)27-10-11-27/h6-9,12-13,16-18,20,24,27H,5,10-11,14-15,19,21-23H2,1-4H3,(H,43,49)(H,44,47)/t24-/m1/s1. The summed E-state index contributed by atoms with van der Waals surface area (Å²) >= 11 is 0. The van der Waals surface area contributed by atoms with E-state index in [1.165, 1.54) is 12.3 Å². The first-order valence-electron chi connectivity index (χ1n) is 17.2. The van der Waals surface area contributed by atoms with Crippen LogP contribution in [0.3, 0.4) is 0 Å². The molecule has 266 valence electrons. The molecule has 3 amide bonds. The summed E-state index contributed by atoms with van der Waals surface area (Å²) < 4.78 is 46.2. The third-order valence-corrected chi connectivity index (χ3v) is 9.63. The van der Waals surface area contributed by atoms with E-state index < -0.39 is 29.5 Å². The molecule has 50 heavy (non-hydrogen) atoms. The van der Waals surface area contributed by atoms with Crippen LogP contribution in [0.15, 0.2) is 60.9 Å². The van der Waals surface area contributed by atoms with Crippen LogP contribution in [-0.4, -0.2) is 59.6 Å². The zero-order valence-corrected chi connectivity index (χ0v) is 28.9. The van der Waals surface area contributed by atoms with Gasteiger partial charge in [-0.25, -0.2) is 4.79 Å². The van der Waals surface area contributed by atoms with E-state index >= 15 is 0 Å². The van der Waals surface area contributed by atoms with Crippen molar-refractivity contribution in [1.29, 1.82) is 0 Å². The smallest absolute Gasteiger partial charge is 0.416 e. The number of halogens is 3. The van der Waals surface area contributed by atoms with Gasteiger partial charge < -0.3 is 25.2 Å². The zero-order chi connectivity index (χ0) is 35.8. The first kappa shape index (κ1) is 35.2. The summed E-state index contributed by atoms with van der Waals surface area (Å²) in [5.41, 5.74) is 1.97. The van der Waals surface area contributed by atoms with E-state index in [-0.39, 0.29) is 23.8 Å². The van der Waals surface area contributed by atoms with Crippen molar-refractivity contribution in [3.8, 4) is 11.1 Å². The summed E-state index contributed by atoms with van der Waals surface area (Å²) in [5.74, 6) is 0.238. The van der Waals surface area contributed by atoms with Gasteiger partial charge in [0.1, 0.15) is 5.60 Å². The van der Waals surface area contributed by atoms with Crippen molar-refractivity contribution in [2.45, 2.75) is 77.7 Å². The van der Waals surface area contributed by atoms with Crippen LogP contribution < -0.4 is 15.5 Å². The van der Waals surface area contributed by atoms with Crippen molar-refractivity contribution in [2.75, 3.05) is 31.1 Å². The third kappa shape index (κ3) is 8.22. The number of piperidine rings is 1. The molecular weight excluding hydrogens is 647 g/mol. The summed E-state index contributed by atoms with van der Waals surface area (Å²) in [5, 5.41) is 5.63. The van der Waals surface area contributed by atoms with E-state index in [2.05, 4.69) is 25.4 Å². The van der Waals surface area contributed by atoms with E-state index in [1.807, 2.05) is 13.0 Å². The van der Waals surface area contributed by atoms with Gasteiger partial charge in [0, 0.05) is 50.3 Å². The lowest BCUT2D eigenvalue weighted by Crippen LogP contribution is -2.64. The number of carbonyl (C=O) groups excluding carboxylic acids is 3. The molecule has 1 spiro atoms. The summed E-state index contributed by atoms with van der Waals surface area (Å²) in [4.78, 5) is 46.8. The van der Waals surface area contributed by atoms with E-state index in [4.69, 9.17) is 4.74 Å². The molecule has 0 unspecified atom stereocenters. The second kappa shape index (κ2) is 13.6. The van der Waals surface area contributed by atoms with Gasteiger partial charge in [-0.2, -0.15) is 13.2 Å². The summed E-state index contributed by atoms with van der Waals surface area (Å²) in [7, 11) is 0. The summed E-state index contributed by atoms with van der Waals surface area (Å²) in [6.07, 6.45) is 2.19. The number of hydrogen-bond donors (Lipinski definition) is 2. The number of pyridine rings is 1. The number of nitrogens with zero attached hydrogens (tertiary/aromatic N) is 3. The lowest BCUT2D eigenvalue weighted by Gasteiger charge is -2.55. The minimum Gasteiger partial charge on any atom is -0.444 e. The number of hydrogen-bond acceptors (Lipinski definition) is 6. The highest BCUT2D eigenvalue weighted by Gasteiger charge is 2.48. The van der Waals surface area contributed by atoms with Gasteiger partial charge >= 0.3 is 12.3 Å². The van der Waals surface area contributed by atoms with Crippen LogP contribution in [-0.2, 0) is 22.3 Å². The fourth-order valence-corrected chi connectivity index (χ4v) is 6.89. The Hall–Kier alpha value is -4.61. The molecule has 3 heterocycles. The number of nitrogens with one attached hydrogen (secondary N) is 2. The molecule has 2 aromatic carbocycles. The number of rotatable bonds is 8. The maximum absolute atomic E-state index is 13.6. The van der Waals surface area contributed by atoms with Crippen LogP contribution in [0.5, 0.6) is 0 Å². The Kier molecular flexibility index (Phi) is 9.58. The maximum atomic E-state index is 13.6. The number of aromatic nitrogens is 1. The highest BCUT2D eigenvalue weighted by molar-refractivity contribution is 5.95. The van der Waals surface area contributed by atoms with Gasteiger partial charge in [0.25, 0.3) is 5.91 Å². The van der Waals surface area contributed by atoms with Gasteiger partial charge in [-0.1, -0.05) is 30.3 Å². The molecule has 0 bridgehead atoms. The largest absolute Gasteiger partial charge is 0.444 e. The molecule has 2 N–H and O–H groups in total. The van der Waals surface area contributed by atoms with Crippen molar-refractivity contribution < 1.29 is 32.3 Å². The molecule has 9 nitrogen and oxygen atoms in total. The molecule has 3 aliphatic rings. The first-order chi connectivity index (χ1) is 23.6. The predicted octanol–water partition coefficient (Wildman–Crippen LogP) is 7.12. The van der Waals surface area contributed by atoms with E-state index in [1.54, 1.807) is 51.2 Å². The summed E-state index contributed by atoms with van der Waals surface area (Å²) in [6, 6.07) is 11.8. The minimum absolute atomic E-state index is 0.0271. The number of likely N-dealkylation sites (tertiary alicyclic amines) is 1. The van der Waals surface area contributed by atoms with Gasteiger partial charge in [-0.3, -0.25) is 14.6 Å². The summed E-state index contributed by atoms with van der Waals surface area (Å²) in [6.45, 7) is 10.3. The van der Waals surface area contributed by atoms with Crippen molar-refractivity contribution in [2.24, 2.45) is 11.3 Å². The number of carbonyl (C=O) groups is 3. The van der Waals surface area contributed by atoms with Gasteiger partial charge in [-0.15, -0.1) is 0 Å². The van der Waals surface area contributed by atoms with Crippen LogP contribution in [0.25, 0.3) is 11.1 Å². The molecule has 2 aliphatic heterocycles. The molecule has 6 rings (SSSR count). The Balaban J connectivity index is 1.09. The maximum Gasteiger partial charge on any atom is 0.416 e. The van der Waals surface area contributed by atoms with Crippen molar-refractivity contribution in [3.63, 3.8) is 0 Å². The lowest BCUT2D eigenvalue weighted by molar-refractivity contribution is -0.138. The van der Waals surface area contributed by atoms with Crippen LogP contribution in [0.1, 0.15) is 86.5 Å². The van der Waals surface area contributed by atoms with Gasteiger partial charge in [0.2, 0.25) is 5.91 Å². The Bertz CT molecular complexity index is 1740. The Labute approximate surface area is 290 Å². The van der Waals surface area contributed by atoms with E-state index in [0.717, 1.165) is 75.2 Å². The number of alkyl halides is 3. The van der Waals surface area contributed by atoms with Crippen LogP contribution in [0, 0.1) is 11.3 Å². The fraction of sp³-hybridized carbons (Fsp3) is 0.474. The van der Waals surface area contributed by atoms with Crippen molar-refractivity contribution in [3.05, 3.63) is 83.2 Å². The predicted molar refractivity (Wildman–Crippen MR) is 183 cm³/mol. The number of alkyl carbamates (subject to hydrolysis) is 1. The van der Waals surface area contributed by atoms with Crippen molar-refractivity contribution >= 4 is 23.6 Å². The van der Waals surface area contributed by atoms with Crippen molar-refractivity contribution in [1.82, 2.24) is 20.5 Å². The van der Waals surface area contributed by atoms with Crippen LogP contribution in [0.4, 0.5) is 23.7 Å². The average Bonchev–Trinajstić information content (AvgIpc) is 3.91. The molecule has 3 aromatic rings. The van der Waals surface area contributed by atoms with Crippen LogP contribution >= 0.6 is 0 Å². The van der Waals surface area contributed by atoms with E-state index in [0.29, 0.717) is 28.2 Å². The Morgan fingerprint density at radius 3 is 2.38 bits per heavy atom. The molecule has 1 aliphatic carbocycles. The third-order valence-electron chi connectivity index (χ3n) is 9.63. The van der Waals surface area contributed by atoms with E-state index in [9.17, 15) is 27.6 Å². The second-order valence-electron chi connectivity index (χ2n) is 15.0. The number of anilines is 1. The molecule has 2 saturated heterocycles. The fourth-order valence-electron chi connectivity index (χ4n) is 6.89. The molecule has 3 fully saturated rings. The Morgan fingerprint density at radius 2 is 1.72 bits per heavy atom. The number of ether oxygens (including phenoxy) is 1. The van der Waals surface area contributed by atoms with Gasteiger partial charge in [-0.05, 0) is 93.8 Å². The van der Waals surface area contributed by atoms with Crippen LogP contribution in [0.2, 0.25) is 0 Å². The average molecular weight is 692 g/mol. The second-order valence-corrected chi connectivity index (χ2v) is 15.0. The van der Waals surface area contributed by atoms with Gasteiger partial charge in [0.05, 0.1) is 29.1 Å². The monoisotopic (exact) mass is 691 g/mol. The SMILES string of the molecule is C[C@@H](NC(=O)c1cncc(N2CC3(CCCN(C(=O)C4CC4)C3)C2)c1)c1ccc(-c2cc(C(F)(F)F)ccc2CNC(=O)OC(C)(C)C)cc1. The normalized spacial score (nSPS) is 17.9. The minimum atomic E-state index is -4.54. The molecule has 1 aromatic heterocycles. The molecular formula is C38H44F3N5O4. The lowest BCUT2D eigenvalue weighted by atomic mass is 9.73. The highest BCUT2D eigenvalue weighted by atomic mass is 19.4. The molecule has 0 radical (unpaired) electrons. The number of benzene rings is 2. The number of amides is 3. The molecule has 1 saturated carbocycles. The molecule has 1 atom stereocenters. The Morgan fingerprint density at radius 1 is 1.00 bits per heavy atom. The first-order valence-corrected chi connectivity index (χ1v) is 17.2. The topological polar surface area (TPSA) is 104 Å².